The number of benzene rings is 1. The fraction of sp³-hybridized carbons (Fsp3) is 0.235. The first-order chi connectivity index (χ1) is 11.6. The lowest BCUT2D eigenvalue weighted by molar-refractivity contribution is 0.240. The van der Waals surface area contributed by atoms with Crippen molar-refractivity contribution in [1.29, 1.82) is 0 Å². The number of halogens is 1. The summed E-state index contributed by atoms with van der Waals surface area (Å²) in [6, 6.07) is 5.08. The Hall–Kier alpha value is -2.02. The Bertz CT molecular complexity index is 1040. The van der Waals surface area contributed by atoms with Gasteiger partial charge in [-0.2, -0.15) is 0 Å². The molecular weight excluding hydrogens is 346 g/mol. The Balaban J connectivity index is 1.63. The lowest BCUT2D eigenvalue weighted by atomic mass is 10.1. The number of aromatic nitrogens is 2. The highest BCUT2D eigenvalue weighted by molar-refractivity contribution is 7.71. The van der Waals surface area contributed by atoms with E-state index in [9.17, 15) is 4.79 Å². The standard InChI is InChI=1S/C17H14ClN3O2S/c18-12-1-2-15-13(5-12)16(22)11(9-23-15)8-21-4-3-14-10(7-21)6-19-17(24)20-14/h1-2,5-6,9H,3-4,7-8H2,(H,19,20,24). The Labute approximate surface area is 147 Å². The van der Waals surface area contributed by atoms with E-state index in [4.69, 9.17) is 28.2 Å². The molecule has 2 aromatic heterocycles. The van der Waals surface area contributed by atoms with Gasteiger partial charge in [-0.05, 0) is 30.4 Å². The molecule has 4 rings (SSSR count). The van der Waals surface area contributed by atoms with Gasteiger partial charge in [-0.15, -0.1) is 0 Å². The van der Waals surface area contributed by atoms with E-state index in [2.05, 4.69) is 14.9 Å². The van der Waals surface area contributed by atoms with Crippen molar-refractivity contribution in [1.82, 2.24) is 14.9 Å². The van der Waals surface area contributed by atoms with Crippen LogP contribution in [0.25, 0.3) is 11.0 Å². The van der Waals surface area contributed by atoms with Crippen LogP contribution in [-0.2, 0) is 19.5 Å². The lowest BCUT2D eigenvalue weighted by Crippen LogP contribution is -2.32. The molecule has 24 heavy (non-hydrogen) atoms. The largest absolute Gasteiger partial charge is 0.464 e. The minimum absolute atomic E-state index is 0.0323. The third kappa shape index (κ3) is 2.88. The summed E-state index contributed by atoms with van der Waals surface area (Å²) in [4.78, 5) is 22.1. The quantitative estimate of drug-likeness (QED) is 0.710. The molecule has 0 radical (unpaired) electrons. The lowest BCUT2D eigenvalue weighted by Gasteiger charge is -2.27. The fourth-order valence-electron chi connectivity index (χ4n) is 3.03. The van der Waals surface area contributed by atoms with E-state index in [0.29, 0.717) is 32.9 Å². The molecule has 0 amide bonds. The second kappa shape index (κ2) is 6.12. The number of hydrogen-bond acceptors (Lipinski definition) is 5. The molecule has 0 fully saturated rings. The molecule has 7 heteroatoms. The van der Waals surface area contributed by atoms with Crippen LogP contribution in [0.3, 0.4) is 0 Å². The van der Waals surface area contributed by atoms with Gasteiger partial charge in [0, 0.05) is 54.1 Å². The Morgan fingerprint density at radius 1 is 1.42 bits per heavy atom. The van der Waals surface area contributed by atoms with Crippen LogP contribution in [0.4, 0.5) is 0 Å². The van der Waals surface area contributed by atoms with Crippen LogP contribution in [0.15, 0.2) is 39.9 Å². The summed E-state index contributed by atoms with van der Waals surface area (Å²) in [6.45, 7) is 2.09. The summed E-state index contributed by atoms with van der Waals surface area (Å²) in [7, 11) is 0. The third-order valence-corrected chi connectivity index (χ3v) is 4.70. The summed E-state index contributed by atoms with van der Waals surface area (Å²) in [5, 5.41) is 1.04. The second-order valence-corrected chi connectivity index (χ2v) is 6.71. The van der Waals surface area contributed by atoms with Crippen LogP contribution < -0.4 is 5.43 Å². The van der Waals surface area contributed by atoms with Crippen molar-refractivity contribution in [2.75, 3.05) is 6.54 Å². The number of rotatable bonds is 2. The highest BCUT2D eigenvalue weighted by Crippen LogP contribution is 2.20. The third-order valence-electron chi connectivity index (χ3n) is 4.26. The molecule has 1 aromatic carbocycles. The van der Waals surface area contributed by atoms with Gasteiger partial charge < -0.3 is 9.40 Å². The van der Waals surface area contributed by atoms with Crippen LogP contribution in [-0.4, -0.2) is 21.4 Å². The molecule has 0 saturated heterocycles. The summed E-state index contributed by atoms with van der Waals surface area (Å²) >= 11 is 11.1. The summed E-state index contributed by atoms with van der Waals surface area (Å²) in [5.74, 6) is 0. The predicted octanol–water partition coefficient (Wildman–Crippen LogP) is 3.46. The number of fused-ring (bicyclic) bond motifs is 2. The molecule has 5 nitrogen and oxygen atoms in total. The van der Waals surface area contributed by atoms with Crippen LogP contribution in [0.5, 0.6) is 0 Å². The van der Waals surface area contributed by atoms with Gasteiger partial charge in [0.25, 0.3) is 0 Å². The summed E-state index contributed by atoms with van der Waals surface area (Å²) < 4.78 is 6.10. The Morgan fingerprint density at radius 3 is 3.17 bits per heavy atom. The summed E-state index contributed by atoms with van der Waals surface area (Å²) in [6.07, 6.45) is 4.21. The monoisotopic (exact) mass is 359 g/mol. The van der Waals surface area contributed by atoms with Crippen molar-refractivity contribution >= 4 is 34.8 Å². The zero-order chi connectivity index (χ0) is 16.7. The van der Waals surface area contributed by atoms with E-state index in [0.717, 1.165) is 30.8 Å². The van der Waals surface area contributed by atoms with Gasteiger partial charge in [-0.1, -0.05) is 11.6 Å². The normalized spacial score (nSPS) is 14.7. The van der Waals surface area contributed by atoms with Gasteiger partial charge in [0.2, 0.25) is 0 Å². The van der Waals surface area contributed by atoms with E-state index in [-0.39, 0.29) is 5.43 Å². The average molecular weight is 360 g/mol. The maximum atomic E-state index is 12.7. The molecule has 0 bridgehead atoms. The number of nitrogens with one attached hydrogen (secondary N) is 1. The molecule has 0 spiro atoms. The SMILES string of the molecule is O=c1c(CN2CCc3[nH]c(=S)ncc3C2)coc2ccc(Cl)cc12. The Morgan fingerprint density at radius 2 is 2.29 bits per heavy atom. The van der Waals surface area contributed by atoms with Crippen LogP contribution in [0.2, 0.25) is 5.02 Å². The predicted molar refractivity (Wildman–Crippen MR) is 94.7 cm³/mol. The highest BCUT2D eigenvalue weighted by Gasteiger charge is 2.19. The van der Waals surface area contributed by atoms with Crippen LogP contribution >= 0.6 is 23.8 Å². The molecule has 3 aromatic rings. The molecule has 1 N–H and O–H groups in total. The van der Waals surface area contributed by atoms with E-state index in [1.54, 1.807) is 24.5 Å². The van der Waals surface area contributed by atoms with Crippen molar-refractivity contribution in [2.24, 2.45) is 0 Å². The smallest absolute Gasteiger partial charge is 0.197 e. The minimum atomic E-state index is -0.0323. The summed E-state index contributed by atoms with van der Waals surface area (Å²) in [5.41, 5.74) is 3.39. The number of H-pyrrole nitrogens is 1. The van der Waals surface area contributed by atoms with Crippen molar-refractivity contribution in [2.45, 2.75) is 19.5 Å². The Kier molecular flexibility index (Phi) is 3.96. The van der Waals surface area contributed by atoms with Gasteiger partial charge in [-0.3, -0.25) is 9.69 Å². The first-order valence-electron chi connectivity index (χ1n) is 7.59. The first-order valence-corrected chi connectivity index (χ1v) is 8.38. The molecule has 0 saturated carbocycles. The molecule has 1 aliphatic rings. The number of aromatic amines is 1. The molecule has 0 unspecified atom stereocenters. The maximum Gasteiger partial charge on any atom is 0.197 e. The fourth-order valence-corrected chi connectivity index (χ4v) is 3.38. The van der Waals surface area contributed by atoms with Crippen molar-refractivity contribution < 1.29 is 4.42 Å². The highest BCUT2D eigenvalue weighted by atomic mass is 35.5. The molecule has 0 aliphatic carbocycles. The van der Waals surface area contributed by atoms with Gasteiger partial charge in [0.1, 0.15) is 5.58 Å². The second-order valence-electron chi connectivity index (χ2n) is 5.88. The molecular formula is C17H14ClN3O2S. The van der Waals surface area contributed by atoms with E-state index >= 15 is 0 Å². The minimum Gasteiger partial charge on any atom is -0.464 e. The van der Waals surface area contributed by atoms with Gasteiger partial charge in [0.15, 0.2) is 10.2 Å². The molecule has 3 heterocycles. The first kappa shape index (κ1) is 15.5. The van der Waals surface area contributed by atoms with E-state index < -0.39 is 0 Å². The van der Waals surface area contributed by atoms with Gasteiger partial charge >= 0.3 is 0 Å². The number of hydrogen-bond donors (Lipinski definition) is 1. The van der Waals surface area contributed by atoms with E-state index in [1.165, 1.54) is 0 Å². The molecule has 1 aliphatic heterocycles. The molecule has 122 valence electrons. The van der Waals surface area contributed by atoms with Crippen LogP contribution in [0.1, 0.15) is 16.8 Å². The van der Waals surface area contributed by atoms with Gasteiger partial charge in [-0.25, -0.2) is 4.98 Å². The van der Waals surface area contributed by atoms with Crippen molar-refractivity contribution in [3.8, 4) is 0 Å². The zero-order valence-electron chi connectivity index (χ0n) is 12.7. The van der Waals surface area contributed by atoms with Crippen molar-refractivity contribution in [3.05, 3.63) is 67.5 Å². The van der Waals surface area contributed by atoms with E-state index in [1.807, 2.05) is 6.20 Å². The average Bonchev–Trinajstić information content (AvgIpc) is 2.58. The van der Waals surface area contributed by atoms with Crippen molar-refractivity contribution in [3.63, 3.8) is 0 Å². The van der Waals surface area contributed by atoms with Crippen LogP contribution in [0, 0.1) is 4.77 Å². The zero-order valence-corrected chi connectivity index (χ0v) is 14.3. The maximum absolute atomic E-state index is 12.7. The topological polar surface area (TPSA) is 62.1 Å². The van der Waals surface area contributed by atoms with Gasteiger partial charge in [0.05, 0.1) is 11.6 Å². The molecule has 0 atom stereocenters. The number of nitrogens with zero attached hydrogens (tertiary/aromatic N) is 2.